The normalized spacial score (nSPS) is 21.2. The van der Waals surface area contributed by atoms with E-state index < -0.39 is 5.92 Å². The number of hydrogen-bond donors (Lipinski definition) is 3. The number of carbonyl (C=O) groups excluding carboxylic acids is 1. The van der Waals surface area contributed by atoms with Crippen LogP contribution in [0.3, 0.4) is 0 Å². The third-order valence-corrected chi connectivity index (χ3v) is 8.31. The van der Waals surface area contributed by atoms with Gasteiger partial charge in [-0.2, -0.15) is 0 Å². The van der Waals surface area contributed by atoms with Crippen LogP contribution < -0.4 is 5.32 Å². The molecule has 0 bridgehead atoms. The predicted molar refractivity (Wildman–Crippen MR) is 147 cm³/mol. The molecule has 2 fully saturated rings. The number of aryl methyl sites for hydroxylation is 1. The average molecular weight is 530 g/mol. The van der Waals surface area contributed by atoms with E-state index in [0.717, 1.165) is 64.6 Å². The zero-order valence-electron chi connectivity index (χ0n) is 22.0. The van der Waals surface area contributed by atoms with Crippen molar-refractivity contribution in [2.45, 2.75) is 69.8 Å². The largest absolute Gasteiger partial charge is 0.352 e. The van der Waals surface area contributed by atoms with Crippen LogP contribution in [0.4, 0.5) is 8.78 Å². The van der Waals surface area contributed by atoms with Crippen LogP contribution in [0.1, 0.15) is 62.5 Å². The van der Waals surface area contributed by atoms with Gasteiger partial charge < -0.3 is 15.3 Å². The molecular weight excluding hydrogens is 496 g/mol. The Kier molecular flexibility index (Phi) is 6.79. The fourth-order valence-corrected chi connectivity index (χ4v) is 5.99. The highest BCUT2D eigenvalue weighted by atomic mass is 19.3. The summed E-state index contributed by atoms with van der Waals surface area (Å²) in [5.41, 5.74) is 6.36. The maximum absolute atomic E-state index is 13.5. The van der Waals surface area contributed by atoms with E-state index in [4.69, 9.17) is 0 Å². The Morgan fingerprint density at radius 3 is 1.97 bits per heavy atom. The Morgan fingerprint density at radius 2 is 1.38 bits per heavy atom. The smallest absolute Gasteiger partial charge is 0.248 e. The summed E-state index contributed by atoms with van der Waals surface area (Å²) in [5, 5.41) is 3.17. The fraction of sp³-hybridized carbons (Fsp3) is 0.387. The van der Waals surface area contributed by atoms with Crippen molar-refractivity contribution in [1.29, 1.82) is 0 Å². The molecular formula is C31H33F2N5O. The predicted octanol–water partition coefficient (Wildman–Crippen LogP) is 7.02. The van der Waals surface area contributed by atoms with Gasteiger partial charge in [0.15, 0.2) is 0 Å². The molecule has 2 aliphatic rings. The summed E-state index contributed by atoms with van der Waals surface area (Å²) in [4.78, 5) is 28.5. The molecule has 4 aromatic rings. The van der Waals surface area contributed by atoms with Gasteiger partial charge in [0.25, 0.3) is 0 Å². The first-order valence-corrected chi connectivity index (χ1v) is 13.8. The minimum atomic E-state index is -2.63. The van der Waals surface area contributed by atoms with Crippen molar-refractivity contribution in [2.75, 3.05) is 0 Å². The minimum Gasteiger partial charge on any atom is -0.352 e. The van der Waals surface area contributed by atoms with Crippen LogP contribution in [-0.4, -0.2) is 37.8 Å². The Labute approximate surface area is 226 Å². The molecule has 2 aromatic carbocycles. The molecule has 0 aliphatic heterocycles. The highest BCUT2D eigenvalue weighted by Gasteiger charge is 2.39. The summed E-state index contributed by atoms with van der Waals surface area (Å²) < 4.78 is 27.0. The van der Waals surface area contributed by atoms with Gasteiger partial charge in [-0.1, -0.05) is 55.0 Å². The Bertz CT molecular complexity index is 1430. The topological polar surface area (TPSA) is 86.5 Å². The highest BCUT2D eigenvalue weighted by molar-refractivity contribution is 5.79. The molecule has 0 radical (unpaired) electrons. The number of halogens is 2. The van der Waals surface area contributed by atoms with E-state index in [1.165, 1.54) is 0 Å². The molecule has 2 saturated carbocycles. The minimum absolute atomic E-state index is 0.0186. The Morgan fingerprint density at radius 1 is 0.821 bits per heavy atom. The number of benzene rings is 2. The summed E-state index contributed by atoms with van der Waals surface area (Å²) >= 11 is 0. The molecule has 6 nitrogen and oxygen atoms in total. The molecule has 2 aliphatic carbocycles. The number of amides is 1. The van der Waals surface area contributed by atoms with E-state index >= 15 is 0 Å². The van der Waals surface area contributed by atoms with E-state index in [9.17, 15) is 13.6 Å². The van der Waals surface area contributed by atoms with E-state index in [-0.39, 0.29) is 49.5 Å². The summed E-state index contributed by atoms with van der Waals surface area (Å²) in [7, 11) is 0. The van der Waals surface area contributed by atoms with Gasteiger partial charge in [0, 0.05) is 30.7 Å². The molecule has 39 heavy (non-hydrogen) atoms. The number of aromatic amines is 2. The summed E-state index contributed by atoms with van der Waals surface area (Å²) in [6.45, 7) is 1.94. The molecule has 3 N–H and O–H groups in total. The maximum atomic E-state index is 13.5. The number of carbonyl (C=O) groups is 1. The number of imidazole rings is 2. The fourth-order valence-electron chi connectivity index (χ4n) is 5.99. The van der Waals surface area contributed by atoms with E-state index in [0.29, 0.717) is 0 Å². The van der Waals surface area contributed by atoms with Gasteiger partial charge in [-0.25, -0.2) is 18.7 Å². The SMILES string of the molecule is Cc1ncc(-c2ccc(-c3ccc(-c4cnc(C5CCCC5NC(=O)C5CCC(F)(F)CC5)[nH]4)cc3)cc2)[nH]1. The lowest BCUT2D eigenvalue weighted by Crippen LogP contribution is -2.42. The first-order valence-electron chi connectivity index (χ1n) is 13.8. The van der Waals surface area contributed by atoms with Crippen molar-refractivity contribution in [3.05, 3.63) is 72.6 Å². The average Bonchev–Trinajstić information content (AvgIpc) is 3.70. The first kappa shape index (κ1) is 25.5. The molecule has 6 rings (SSSR count). The van der Waals surface area contributed by atoms with Gasteiger partial charge in [0.2, 0.25) is 11.8 Å². The number of H-pyrrole nitrogens is 2. The number of alkyl halides is 2. The lowest BCUT2D eigenvalue weighted by atomic mass is 9.86. The van der Waals surface area contributed by atoms with Crippen LogP contribution in [0, 0.1) is 12.8 Å². The van der Waals surface area contributed by atoms with Gasteiger partial charge in [-0.3, -0.25) is 4.79 Å². The van der Waals surface area contributed by atoms with Crippen molar-refractivity contribution < 1.29 is 13.6 Å². The summed E-state index contributed by atoms with van der Waals surface area (Å²) in [5.74, 6) is -1.16. The van der Waals surface area contributed by atoms with Crippen LogP contribution in [0.5, 0.6) is 0 Å². The molecule has 1 amide bonds. The Hall–Kier alpha value is -3.81. The monoisotopic (exact) mass is 529 g/mol. The second-order valence-electron chi connectivity index (χ2n) is 11.0. The van der Waals surface area contributed by atoms with Crippen LogP contribution >= 0.6 is 0 Å². The quantitative estimate of drug-likeness (QED) is 0.251. The molecule has 0 saturated heterocycles. The molecule has 2 atom stereocenters. The summed E-state index contributed by atoms with van der Waals surface area (Å²) in [6.07, 6.45) is 6.63. The third kappa shape index (κ3) is 5.51. The van der Waals surface area contributed by atoms with Gasteiger partial charge >= 0.3 is 0 Å². The van der Waals surface area contributed by atoms with E-state index in [1.54, 1.807) is 0 Å². The van der Waals surface area contributed by atoms with Gasteiger partial charge in [-0.15, -0.1) is 0 Å². The standard InChI is InChI=1S/C31H33F2N5O/c1-19-34-17-27(36-19)22-9-5-20(6-10-22)21-7-11-23(12-8-21)28-18-35-29(37-28)25-3-2-4-26(25)38-30(39)24-13-15-31(32,33)16-14-24/h5-12,17-18,24-26H,2-4,13-16H2,1H3,(H,34,36)(H,35,37)(H,38,39). The second kappa shape index (κ2) is 10.4. The van der Waals surface area contributed by atoms with Gasteiger partial charge in [0.1, 0.15) is 11.6 Å². The number of nitrogens with zero attached hydrogens (tertiary/aromatic N) is 2. The number of rotatable bonds is 6. The van der Waals surface area contributed by atoms with Gasteiger partial charge in [-0.05, 0) is 54.9 Å². The van der Waals surface area contributed by atoms with Crippen molar-refractivity contribution in [2.24, 2.45) is 5.92 Å². The molecule has 202 valence electrons. The molecule has 2 heterocycles. The van der Waals surface area contributed by atoms with Gasteiger partial charge in [0.05, 0.1) is 23.8 Å². The van der Waals surface area contributed by atoms with Crippen LogP contribution in [-0.2, 0) is 4.79 Å². The van der Waals surface area contributed by atoms with Crippen LogP contribution in [0.2, 0.25) is 0 Å². The summed E-state index contributed by atoms with van der Waals surface area (Å²) in [6, 6.07) is 16.8. The zero-order chi connectivity index (χ0) is 27.0. The van der Waals surface area contributed by atoms with E-state index in [2.05, 4.69) is 73.8 Å². The van der Waals surface area contributed by atoms with Crippen LogP contribution in [0.25, 0.3) is 33.6 Å². The zero-order valence-corrected chi connectivity index (χ0v) is 22.0. The first-order chi connectivity index (χ1) is 18.8. The number of hydrogen-bond acceptors (Lipinski definition) is 3. The van der Waals surface area contributed by atoms with Crippen molar-refractivity contribution in [3.8, 4) is 33.6 Å². The molecule has 2 unspecified atom stereocenters. The Balaban J connectivity index is 1.10. The number of nitrogens with one attached hydrogen (secondary N) is 3. The molecule has 8 heteroatoms. The second-order valence-corrected chi connectivity index (χ2v) is 11.0. The highest BCUT2D eigenvalue weighted by Crippen LogP contribution is 2.38. The maximum Gasteiger partial charge on any atom is 0.248 e. The lowest BCUT2D eigenvalue weighted by molar-refractivity contribution is -0.129. The molecule has 2 aromatic heterocycles. The van der Waals surface area contributed by atoms with E-state index in [1.807, 2.05) is 19.3 Å². The van der Waals surface area contributed by atoms with Crippen molar-refractivity contribution in [3.63, 3.8) is 0 Å². The molecule has 0 spiro atoms. The third-order valence-electron chi connectivity index (χ3n) is 8.31. The van der Waals surface area contributed by atoms with Crippen LogP contribution in [0.15, 0.2) is 60.9 Å². The number of aromatic nitrogens is 4. The lowest BCUT2D eigenvalue weighted by Gasteiger charge is -2.29. The van der Waals surface area contributed by atoms with Crippen molar-refractivity contribution >= 4 is 5.91 Å². The van der Waals surface area contributed by atoms with Crippen molar-refractivity contribution in [1.82, 2.24) is 25.3 Å².